The van der Waals surface area contributed by atoms with Gasteiger partial charge < -0.3 is 5.32 Å². The summed E-state index contributed by atoms with van der Waals surface area (Å²) in [5, 5.41) is 4.88. The molecule has 1 aliphatic carbocycles. The number of hydrogen-bond acceptors (Lipinski definition) is 3. The van der Waals surface area contributed by atoms with Gasteiger partial charge in [-0.2, -0.15) is 0 Å². The third-order valence-electron chi connectivity index (χ3n) is 4.86. The Morgan fingerprint density at radius 3 is 2.62 bits per heavy atom. The maximum absolute atomic E-state index is 6.67. The van der Waals surface area contributed by atoms with Crippen LogP contribution in [0, 0.1) is 0 Å². The van der Waals surface area contributed by atoms with Gasteiger partial charge in [-0.1, -0.05) is 23.2 Å². The Morgan fingerprint density at radius 2 is 1.83 bits per heavy atom. The SMILES string of the molecule is Clc1cc(Cl)c2c(c1)CCc1cc(Br)cnc1[C@@H]2N1CCNCC1. The van der Waals surface area contributed by atoms with Crippen LogP contribution < -0.4 is 5.32 Å². The van der Waals surface area contributed by atoms with Crippen LogP contribution >= 0.6 is 39.1 Å². The monoisotopic (exact) mass is 425 g/mol. The zero-order valence-corrected chi connectivity index (χ0v) is 16.3. The summed E-state index contributed by atoms with van der Waals surface area (Å²) in [6.07, 6.45) is 3.78. The summed E-state index contributed by atoms with van der Waals surface area (Å²) in [4.78, 5) is 7.28. The lowest BCUT2D eigenvalue weighted by Gasteiger charge is -2.36. The molecule has 1 N–H and O–H groups in total. The maximum atomic E-state index is 6.67. The van der Waals surface area contributed by atoms with E-state index in [1.807, 2.05) is 12.3 Å². The van der Waals surface area contributed by atoms with Gasteiger partial charge in [-0.3, -0.25) is 9.88 Å². The van der Waals surface area contributed by atoms with Crippen LogP contribution in [0.15, 0.2) is 28.9 Å². The number of hydrogen-bond donors (Lipinski definition) is 1. The van der Waals surface area contributed by atoms with Gasteiger partial charge in [0.2, 0.25) is 0 Å². The second-order valence-corrected chi connectivity index (χ2v) is 8.11. The molecule has 1 aliphatic heterocycles. The number of piperazine rings is 1. The molecule has 0 unspecified atom stereocenters. The van der Waals surface area contributed by atoms with Crippen molar-refractivity contribution in [3.8, 4) is 0 Å². The van der Waals surface area contributed by atoms with E-state index in [0.717, 1.165) is 54.2 Å². The van der Waals surface area contributed by atoms with Gasteiger partial charge in [-0.05, 0) is 63.7 Å². The van der Waals surface area contributed by atoms with E-state index in [4.69, 9.17) is 28.2 Å². The smallest absolute Gasteiger partial charge is 0.0797 e. The van der Waals surface area contributed by atoms with Gasteiger partial charge in [-0.15, -0.1) is 0 Å². The minimum atomic E-state index is 0.0949. The van der Waals surface area contributed by atoms with Crippen molar-refractivity contribution in [3.63, 3.8) is 0 Å². The van der Waals surface area contributed by atoms with Crippen LogP contribution in [0.4, 0.5) is 0 Å². The minimum Gasteiger partial charge on any atom is -0.314 e. The molecule has 126 valence electrons. The number of pyridine rings is 1. The Balaban J connectivity index is 1.91. The van der Waals surface area contributed by atoms with Crippen LogP contribution in [0.3, 0.4) is 0 Å². The summed E-state index contributed by atoms with van der Waals surface area (Å²) < 4.78 is 1.02. The van der Waals surface area contributed by atoms with Crippen LogP contribution in [0.25, 0.3) is 0 Å². The standard InChI is InChI=1S/C18H18BrCl2N3/c19-13-7-12-2-1-11-8-14(20)9-15(21)16(11)18(17(12)23-10-13)24-5-3-22-4-6-24/h7-10,18,22H,1-6H2/t18-/m1/s1. The normalized spacial score (nSPS) is 21.0. The zero-order valence-electron chi connectivity index (χ0n) is 13.2. The van der Waals surface area contributed by atoms with Crippen LogP contribution in [-0.4, -0.2) is 36.1 Å². The number of aromatic nitrogens is 1. The van der Waals surface area contributed by atoms with Gasteiger partial charge >= 0.3 is 0 Å². The molecule has 0 spiro atoms. The molecule has 1 saturated heterocycles. The molecule has 1 atom stereocenters. The van der Waals surface area contributed by atoms with Crippen molar-refractivity contribution in [3.05, 3.63) is 61.3 Å². The van der Waals surface area contributed by atoms with Crippen molar-refractivity contribution in [1.82, 2.24) is 15.2 Å². The minimum absolute atomic E-state index is 0.0949. The Labute approximate surface area is 160 Å². The Kier molecular flexibility index (Phi) is 4.85. The topological polar surface area (TPSA) is 28.2 Å². The largest absolute Gasteiger partial charge is 0.314 e. The van der Waals surface area contributed by atoms with Gasteiger partial charge in [0.05, 0.1) is 11.7 Å². The van der Waals surface area contributed by atoms with Crippen LogP contribution in [-0.2, 0) is 12.8 Å². The van der Waals surface area contributed by atoms with Crippen LogP contribution in [0.2, 0.25) is 10.0 Å². The molecule has 0 bridgehead atoms. The maximum Gasteiger partial charge on any atom is 0.0797 e. The van der Waals surface area contributed by atoms with Gasteiger partial charge in [0, 0.05) is 46.9 Å². The third-order valence-corrected chi connectivity index (χ3v) is 5.83. The van der Waals surface area contributed by atoms with Gasteiger partial charge in [-0.25, -0.2) is 0 Å². The average molecular weight is 427 g/mol. The number of fused-ring (bicyclic) bond motifs is 2. The van der Waals surface area contributed by atoms with E-state index in [1.54, 1.807) is 0 Å². The van der Waals surface area contributed by atoms with Gasteiger partial charge in [0.15, 0.2) is 0 Å². The molecule has 2 aromatic rings. The van der Waals surface area contributed by atoms with Crippen molar-refractivity contribution in [2.45, 2.75) is 18.9 Å². The van der Waals surface area contributed by atoms with E-state index < -0.39 is 0 Å². The lowest BCUT2D eigenvalue weighted by Crippen LogP contribution is -2.45. The molecule has 4 rings (SSSR count). The fourth-order valence-corrected chi connectivity index (χ4v) is 4.81. The van der Waals surface area contributed by atoms with Gasteiger partial charge in [0.1, 0.15) is 0 Å². The molecular formula is C18H18BrCl2N3. The Morgan fingerprint density at radius 1 is 1.08 bits per heavy atom. The first kappa shape index (κ1) is 16.8. The van der Waals surface area contributed by atoms with Crippen molar-refractivity contribution in [2.75, 3.05) is 26.2 Å². The molecule has 24 heavy (non-hydrogen) atoms. The number of nitrogens with one attached hydrogen (secondary N) is 1. The van der Waals surface area contributed by atoms with Crippen molar-refractivity contribution in [1.29, 1.82) is 0 Å². The van der Waals surface area contributed by atoms with E-state index in [9.17, 15) is 0 Å². The summed E-state index contributed by atoms with van der Waals surface area (Å²) >= 11 is 16.5. The highest BCUT2D eigenvalue weighted by molar-refractivity contribution is 9.10. The molecule has 0 radical (unpaired) electrons. The van der Waals surface area contributed by atoms with Crippen molar-refractivity contribution in [2.24, 2.45) is 0 Å². The fourth-order valence-electron chi connectivity index (χ4n) is 3.79. The second kappa shape index (κ2) is 6.93. The van der Waals surface area contributed by atoms with E-state index in [2.05, 4.69) is 38.3 Å². The summed E-state index contributed by atoms with van der Waals surface area (Å²) in [7, 11) is 0. The summed E-state index contributed by atoms with van der Waals surface area (Å²) in [6.45, 7) is 3.95. The second-order valence-electron chi connectivity index (χ2n) is 6.35. The van der Waals surface area contributed by atoms with Crippen molar-refractivity contribution >= 4 is 39.1 Å². The number of benzene rings is 1. The molecule has 1 aromatic carbocycles. The fraction of sp³-hybridized carbons (Fsp3) is 0.389. The Hall–Kier alpha value is -0.650. The third kappa shape index (κ3) is 3.11. The average Bonchev–Trinajstić information content (AvgIpc) is 2.72. The predicted octanol–water partition coefficient (Wildman–Crippen LogP) is 4.24. The first-order valence-corrected chi connectivity index (χ1v) is 9.75. The lowest BCUT2D eigenvalue weighted by atomic mass is 9.96. The summed E-state index contributed by atoms with van der Waals surface area (Å²) in [6, 6.07) is 6.22. The molecule has 0 saturated carbocycles. The first-order valence-electron chi connectivity index (χ1n) is 8.20. The molecule has 1 aromatic heterocycles. The van der Waals surface area contributed by atoms with Crippen molar-refractivity contribution < 1.29 is 0 Å². The van der Waals surface area contributed by atoms with E-state index in [1.165, 1.54) is 16.7 Å². The molecule has 2 aliphatic rings. The predicted molar refractivity (Wildman–Crippen MR) is 102 cm³/mol. The highest BCUT2D eigenvalue weighted by atomic mass is 79.9. The highest BCUT2D eigenvalue weighted by Gasteiger charge is 2.32. The van der Waals surface area contributed by atoms with Crippen LogP contribution in [0.5, 0.6) is 0 Å². The van der Waals surface area contributed by atoms with E-state index in [-0.39, 0.29) is 6.04 Å². The molecule has 0 amide bonds. The number of rotatable bonds is 1. The van der Waals surface area contributed by atoms with E-state index in [0.29, 0.717) is 5.02 Å². The highest BCUT2D eigenvalue weighted by Crippen LogP contribution is 2.41. The molecule has 1 fully saturated rings. The zero-order chi connectivity index (χ0) is 16.7. The number of nitrogens with zero attached hydrogens (tertiary/aromatic N) is 2. The number of aryl methyl sites for hydroxylation is 2. The molecule has 2 heterocycles. The molecule has 6 heteroatoms. The molecule has 3 nitrogen and oxygen atoms in total. The quantitative estimate of drug-likeness (QED) is 0.738. The Bertz CT molecular complexity index is 775. The number of halogens is 3. The first-order chi connectivity index (χ1) is 11.6. The van der Waals surface area contributed by atoms with Crippen LogP contribution in [0.1, 0.15) is 28.4 Å². The van der Waals surface area contributed by atoms with E-state index >= 15 is 0 Å². The summed E-state index contributed by atoms with van der Waals surface area (Å²) in [5.41, 5.74) is 4.83. The molecular weight excluding hydrogens is 409 g/mol. The van der Waals surface area contributed by atoms with Gasteiger partial charge in [0.25, 0.3) is 0 Å². The lowest BCUT2D eigenvalue weighted by molar-refractivity contribution is 0.195. The summed E-state index contributed by atoms with van der Waals surface area (Å²) in [5.74, 6) is 0.